The SMILES string of the molecule is CC(C)(C(=O)CC1CCC1)N1CCCCC1. The fraction of sp³-hybridized carbons (Fsp3) is 0.929. The lowest BCUT2D eigenvalue weighted by Gasteiger charge is -2.41. The van der Waals surface area contributed by atoms with E-state index in [4.69, 9.17) is 0 Å². The lowest BCUT2D eigenvalue weighted by molar-refractivity contribution is -0.131. The van der Waals surface area contributed by atoms with Crippen LogP contribution in [0.5, 0.6) is 0 Å². The van der Waals surface area contributed by atoms with E-state index in [0.29, 0.717) is 11.7 Å². The number of nitrogens with zero attached hydrogens (tertiary/aromatic N) is 1. The number of hydrogen-bond donors (Lipinski definition) is 0. The summed E-state index contributed by atoms with van der Waals surface area (Å²) in [6.45, 7) is 6.48. The largest absolute Gasteiger partial charge is 0.298 e. The number of likely N-dealkylation sites (tertiary alicyclic amines) is 1. The highest BCUT2D eigenvalue weighted by atomic mass is 16.1. The predicted molar refractivity (Wildman–Crippen MR) is 66.5 cm³/mol. The van der Waals surface area contributed by atoms with Crippen LogP contribution in [0.25, 0.3) is 0 Å². The van der Waals surface area contributed by atoms with Crippen LogP contribution in [0, 0.1) is 5.92 Å². The number of hydrogen-bond acceptors (Lipinski definition) is 2. The second-order valence-electron chi connectivity index (χ2n) is 6.03. The van der Waals surface area contributed by atoms with Crippen LogP contribution in [-0.4, -0.2) is 29.3 Å². The fourth-order valence-corrected chi connectivity index (χ4v) is 2.84. The summed E-state index contributed by atoms with van der Waals surface area (Å²) in [6.07, 6.45) is 8.58. The second-order valence-corrected chi connectivity index (χ2v) is 6.03. The minimum absolute atomic E-state index is 0.212. The monoisotopic (exact) mass is 223 g/mol. The summed E-state index contributed by atoms with van der Waals surface area (Å²) in [4.78, 5) is 14.7. The van der Waals surface area contributed by atoms with Crippen molar-refractivity contribution in [3.8, 4) is 0 Å². The molecule has 0 unspecified atom stereocenters. The fourth-order valence-electron chi connectivity index (χ4n) is 2.84. The van der Waals surface area contributed by atoms with E-state index >= 15 is 0 Å². The van der Waals surface area contributed by atoms with Gasteiger partial charge < -0.3 is 0 Å². The van der Waals surface area contributed by atoms with Crippen molar-refractivity contribution in [2.24, 2.45) is 5.92 Å². The van der Waals surface area contributed by atoms with Gasteiger partial charge in [-0.3, -0.25) is 9.69 Å². The maximum Gasteiger partial charge on any atom is 0.152 e. The van der Waals surface area contributed by atoms with Crippen LogP contribution in [0.4, 0.5) is 0 Å². The quantitative estimate of drug-likeness (QED) is 0.730. The van der Waals surface area contributed by atoms with Crippen molar-refractivity contribution in [3.05, 3.63) is 0 Å². The van der Waals surface area contributed by atoms with Crippen molar-refractivity contribution < 1.29 is 4.79 Å². The highest BCUT2D eigenvalue weighted by Gasteiger charge is 2.36. The summed E-state index contributed by atoms with van der Waals surface area (Å²) >= 11 is 0. The first-order valence-corrected chi connectivity index (χ1v) is 6.89. The molecule has 2 nitrogen and oxygen atoms in total. The molecular formula is C14H25NO. The molecule has 2 aliphatic rings. The van der Waals surface area contributed by atoms with Crippen molar-refractivity contribution in [1.82, 2.24) is 4.90 Å². The molecule has 16 heavy (non-hydrogen) atoms. The van der Waals surface area contributed by atoms with Gasteiger partial charge in [0.15, 0.2) is 5.78 Å². The van der Waals surface area contributed by atoms with Crippen LogP contribution in [0.1, 0.15) is 58.8 Å². The first kappa shape index (κ1) is 12.1. The van der Waals surface area contributed by atoms with Gasteiger partial charge in [-0.1, -0.05) is 25.7 Å². The van der Waals surface area contributed by atoms with Crippen LogP contribution in [0.2, 0.25) is 0 Å². The Morgan fingerprint density at radius 3 is 2.25 bits per heavy atom. The normalized spacial score (nSPS) is 24.1. The molecule has 0 aromatic rings. The van der Waals surface area contributed by atoms with Crippen LogP contribution >= 0.6 is 0 Å². The number of rotatable bonds is 4. The van der Waals surface area contributed by atoms with Crippen molar-refractivity contribution in [3.63, 3.8) is 0 Å². The van der Waals surface area contributed by atoms with Crippen molar-refractivity contribution in [1.29, 1.82) is 0 Å². The number of carbonyl (C=O) groups is 1. The van der Waals surface area contributed by atoms with Gasteiger partial charge in [0.1, 0.15) is 0 Å². The molecule has 0 radical (unpaired) electrons. The number of ketones is 1. The van der Waals surface area contributed by atoms with E-state index in [-0.39, 0.29) is 5.54 Å². The Morgan fingerprint density at radius 1 is 1.12 bits per heavy atom. The van der Waals surface area contributed by atoms with Gasteiger partial charge in [0.25, 0.3) is 0 Å². The van der Waals surface area contributed by atoms with E-state index in [1.54, 1.807) is 0 Å². The van der Waals surface area contributed by atoms with E-state index in [0.717, 1.165) is 19.5 Å². The predicted octanol–water partition coefficient (Wildman–Crippen LogP) is 3.01. The minimum Gasteiger partial charge on any atom is -0.298 e. The Labute approximate surface area is 99.4 Å². The summed E-state index contributed by atoms with van der Waals surface area (Å²) in [5.41, 5.74) is -0.212. The molecule has 92 valence electrons. The highest BCUT2D eigenvalue weighted by molar-refractivity contribution is 5.87. The zero-order valence-corrected chi connectivity index (χ0v) is 10.8. The average Bonchev–Trinajstić information content (AvgIpc) is 2.24. The lowest BCUT2D eigenvalue weighted by Crippen LogP contribution is -2.52. The van der Waals surface area contributed by atoms with Gasteiger partial charge in [-0.25, -0.2) is 0 Å². The summed E-state index contributed by atoms with van der Waals surface area (Å²) in [7, 11) is 0. The van der Waals surface area contributed by atoms with Crippen molar-refractivity contribution in [2.45, 2.75) is 64.3 Å². The molecule has 1 aliphatic heterocycles. The van der Waals surface area contributed by atoms with Crippen molar-refractivity contribution >= 4 is 5.78 Å². The van der Waals surface area contributed by atoms with Gasteiger partial charge in [0, 0.05) is 6.42 Å². The Bertz CT molecular complexity index is 249. The van der Waals surface area contributed by atoms with Gasteiger partial charge in [-0.15, -0.1) is 0 Å². The molecule has 0 bridgehead atoms. The van der Waals surface area contributed by atoms with Crippen LogP contribution < -0.4 is 0 Å². The summed E-state index contributed by atoms with van der Waals surface area (Å²) in [5, 5.41) is 0. The molecule has 1 aliphatic carbocycles. The molecule has 0 atom stereocenters. The zero-order chi connectivity index (χ0) is 11.6. The Morgan fingerprint density at radius 2 is 1.75 bits per heavy atom. The smallest absolute Gasteiger partial charge is 0.152 e. The molecule has 0 aromatic heterocycles. The third kappa shape index (κ3) is 2.48. The Hall–Kier alpha value is -0.370. The Balaban J connectivity index is 1.90. The number of piperidine rings is 1. The molecule has 0 spiro atoms. The van der Waals surface area contributed by atoms with Gasteiger partial charge in [0.2, 0.25) is 0 Å². The number of Topliss-reactive ketones (excluding diaryl/α,β-unsaturated/α-hetero) is 1. The van der Waals surface area contributed by atoms with Crippen LogP contribution in [0.3, 0.4) is 0 Å². The maximum absolute atomic E-state index is 12.3. The van der Waals surface area contributed by atoms with Gasteiger partial charge in [0.05, 0.1) is 5.54 Å². The summed E-state index contributed by atoms with van der Waals surface area (Å²) < 4.78 is 0. The zero-order valence-electron chi connectivity index (χ0n) is 10.8. The summed E-state index contributed by atoms with van der Waals surface area (Å²) in [5.74, 6) is 1.18. The maximum atomic E-state index is 12.3. The van der Waals surface area contributed by atoms with Gasteiger partial charge in [-0.05, 0) is 45.7 Å². The standard InChI is InChI=1S/C14H25NO/c1-14(2,15-9-4-3-5-10-15)13(16)11-12-7-6-8-12/h12H,3-11H2,1-2H3. The molecule has 1 heterocycles. The molecule has 2 fully saturated rings. The molecule has 2 heteroatoms. The second kappa shape index (κ2) is 4.87. The molecule has 0 aromatic carbocycles. The molecule has 0 N–H and O–H groups in total. The molecule has 0 amide bonds. The van der Waals surface area contributed by atoms with Crippen molar-refractivity contribution in [2.75, 3.05) is 13.1 Å². The van der Waals surface area contributed by atoms with E-state index in [1.807, 2.05) is 0 Å². The van der Waals surface area contributed by atoms with Crippen LogP contribution in [-0.2, 0) is 4.79 Å². The van der Waals surface area contributed by atoms with Gasteiger partial charge >= 0.3 is 0 Å². The van der Waals surface area contributed by atoms with E-state index in [1.165, 1.54) is 38.5 Å². The molecular weight excluding hydrogens is 198 g/mol. The lowest BCUT2D eigenvalue weighted by atomic mass is 9.78. The minimum atomic E-state index is -0.212. The summed E-state index contributed by atoms with van der Waals surface area (Å²) in [6, 6.07) is 0. The topological polar surface area (TPSA) is 20.3 Å². The average molecular weight is 223 g/mol. The molecule has 2 rings (SSSR count). The van der Waals surface area contributed by atoms with Gasteiger partial charge in [-0.2, -0.15) is 0 Å². The number of carbonyl (C=O) groups excluding carboxylic acids is 1. The first-order valence-electron chi connectivity index (χ1n) is 6.89. The third-order valence-electron chi connectivity index (χ3n) is 4.53. The Kier molecular flexibility index (Phi) is 3.68. The van der Waals surface area contributed by atoms with E-state index < -0.39 is 0 Å². The van der Waals surface area contributed by atoms with E-state index in [9.17, 15) is 4.79 Å². The molecule has 1 saturated carbocycles. The first-order chi connectivity index (χ1) is 7.60. The van der Waals surface area contributed by atoms with Crippen LogP contribution in [0.15, 0.2) is 0 Å². The molecule has 1 saturated heterocycles. The van der Waals surface area contributed by atoms with E-state index in [2.05, 4.69) is 18.7 Å². The highest BCUT2D eigenvalue weighted by Crippen LogP contribution is 2.32. The third-order valence-corrected chi connectivity index (χ3v) is 4.53.